The van der Waals surface area contributed by atoms with Crippen LogP contribution < -0.4 is 0 Å². The number of hydrogen-bond donors (Lipinski definition) is 0. The van der Waals surface area contributed by atoms with Gasteiger partial charge < -0.3 is 0 Å². The molecule has 0 radical (unpaired) electrons. The van der Waals surface area contributed by atoms with E-state index in [0.717, 1.165) is 28.8 Å². The average Bonchev–Trinajstić information content (AvgIpc) is 3.17. The van der Waals surface area contributed by atoms with E-state index in [9.17, 15) is 9.59 Å². The summed E-state index contributed by atoms with van der Waals surface area (Å²) >= 11 is 1.44. The van der Waals surface area contributed by atoms with Crippen molar-refractivity contribution in [3.05, 3.63) is 63.9 Å². The van der Waals surface area contributed by atoms with Crippen LogP contribution in [0.4, 0.5) is 0 Å². The molecule has 0 aliphatic rings. The van der Waals surface area contributed by atoms with E-state index in [1.807, 2.05) is 41.8 Å². The Morgan fingerprint density at radius 1 is 0.960 bits per heavy atom. The van der Waals surface area contributed by atoms with E-state index in [0.29, 0.717) is 6.42 Å². The second kappa shape index (κ2) is 10.8. The van der Waals surface area contributed by atoms with Gasteiger partial charge in [0.15, 0.2) is 11.6 Å². The number of carbonyl (C=O) groups is 2. The van der Waals surface area contributed by atoms with E-state index in [1.54, 1.807) is 12.2 Å². The summed E-state index contributed by atoms with van der Waals surface area (Å²) in [7, 11) is 0. The first-order chi connectivity index (χ1) is 12.2. The molecule has 0 aliphatic heterocycles. The monoisotopic (exact) mass is 354 g/mol. The van der Waals surface area contributed by atoms with Gasteiger partial charge >= 0.3 is 0 Å². The van der Waals surface area contributed by atoms with Crippen molar-refractivity contribution < 1.29 is 9.59 Å². The molecule has 3 heteroatoms. The molecule has 2 nitrogen and oxygen atoms in total. The third-order valence-corrected chi connectivity index (χ3v) is 5.07. The van der Waals surface area contributed by atoms with Gasteiger partial charge in [0, 0.05) is 12.0 Å². The fourth-order valence-electron chi connectivity index (χ4n) is 2.66. The number of allylic oxidation sites excluding steroid dienone is 1. The molecule has 0 atom stereocenters. The summed E-state index contributed by atoms with van der Waals surface area (Å²) in [6.07, 6.45) is 11.1. The first-order valence-corrected chi connectivity index (χ1v) is 9.98. The highest BCUT2D eigenvalue weighted by molar-refractivity contribution is 7.12. The molecule has 0 bridgehead atoms. The molecule has 1 heterocycles. The van der Waals surface area contributed by atoms with Gasteiger partial charge in [0.25, 0.3) is 0 Å². The first kappa shape index (κ1) is 19.3. The normalized spacial score (nSPS) is 11.1. The van der Waals surface area contributed by atoms with Crippen molar-refractivity contribution in [2.45, 2.75) is 51.9 Å². The molecule has 0 N–H and O–H groups in total. The molecule has 2 rings (SSSR count). The number of carbonyl (C=O) groups excluding carboxylic acids is 2. The van der Waals surface area contributed by atoms with Gasteiger partial charge in [-0.05, 0) is 29.5 Å². The van der Waals surface area contributed by atoms with Gasteiger partial charge in [-0.25, -0.2) is 0 Å². The van der Waals surface area contributed by atoms with Crippen LogP contribution in [0.2, 0.25) is 0 Å². The first-order valence-electron chi connectivity index (χ1n) is 9.10. The molecule has 2 aromatic rings. The lowest BCUT2D eigenvalue weighted by Crippen LogP contribution is -1.98. The Bertz CT molecular complexity index is 681. The Morgan fingerprint density at radius 2 is 1.68 bits per heavy atom. The summed E-state index contributed by atoms with van der Waals surface area (Å²) in [6.45, 7) is 2.21. The number of hydrogen-bond acceptors (Lipinski definition) is 3. The molecule has 1 aromatic heterocycles. The van der Waals surface area contributed by atoms with E-state index in [4.69, 9.17) is 0 Å². The minimum Gasteiger partial charge on any atom is -0.294 e. The number of thiophene rings is 1. The zero-order chi connectivity index (χ0) is 17.9. The van der Waals surface area contributed by atoms with Crippen molar-refractivity contribution >= 4 is 29.0 Å². The summed E-state index contributed by atoms with van der Waals surface area (Å²) in [5, 5.41) is 1.89. The molecule has 0 spiro atoms. The third-order valence-electron chi connectivity index (χ3n) is 4.18. The highest BCUT2D eigenvalue weighted by atomic mass is 32.1. The third kappa shape index (κ3) is 6.79. The van der Waals surface area contributed by atoms with Crippen LogP contribution in [0.1, 0.15) is 77.5 Å². The minimum absolute atomic E-state index is 0.0122. The van der Waals surface area contributed by atoms with E-state index in [2.05, 4.69) is 6.92 Å². The lowest BCUT2D eigenvalue weighted by Gasteiger charge is -2.02. The SMILES string of the molecule is CCCCCCCCC(=O)c1ccc(C=CC(=O)c2cccs2)cc1. The topological polar surface area (TPSA) is 34.1 Å². The Morgan fingerprint density at radius 3 is 2.36 bits per heavy atom. The number of rotatable bonds is 11. The second-order valence-corrected chi connectivity index (χ2v) is 7.19. The summed E-state index contributed by atoms with van der Waals surface area (Å²) in [5.74, 6) is 0.221. The van der Waals surface area contributed by atoms with Gasteiger partial charge in [-0.15, -0.1) is 11.3 Å². The summed E-state index contributed by atoms with van der Waals surface area (Å²) in [6, 6.07) is 11.2. The molecule has 0 amide bonds. The molecular formula is C22H26O2S. The van der Waals surface area contributed by atoms with Crippen LogP contribution in [0.15, 0.2) is 47.9 Å². The predicted molar refractivity (Wildman–Crippen MR) is 106 cm³/mol. The predicted octanol–water partition coefficient (Wildman–Crippen LogP) is 6.58. The largest absolute Gasteiger partial charge is 0.294 e. The minimum atomic E-state index is 0.0122. The molecule has 1 aromatic carbocycles. The Balaban J connectivity index is 1.79. The Kier molecular flexibility index (Phi) is 8.33. The van der Waals surface area contributed by atoms with Gasteiger partial charge in [0.2, 0.25) is 0 Å². The standard InChI is InChI=1S/C22H26O2S/c1-2-3-4-5-6-7-9-20(23)19-14-11-18(12-15-19)13-16-21(24)22-10-8-17-25-22/h8,10-17H,2-7,9H2,1H3. The fourth-order valence-corrected chi connectivity index (χ4v) is 3.31. The van der Waals surface area contributed by atoms with Crippen LogP contribution in [0.3, 0.4) is 0 Å². The maximum absolute atomic E-state index is 12.2. The fraction of sp³-hybridized carbons (Fsp3) is 0.364. The van der Waals surface area contributed by atoms with Crippen molar-refractivity contribution in [1.29, 1.82) is 0 Å². The zero-order valence-electron chi connectivity index (χ0n) is 14.9. The van der Waals surface area contributed by atoms with E-state index in [1.165, 1.54) is 37.0 Å². The Hall–Kier alpha value is -2.00. The van der Waals surface area contributed by atoms with Crippen molar-refractivity contribution in [2.75, 3.05) is 0 Å². The zero-order valence-corrected chi connectivity index (χ0v) is 15.7. The van der Waals surface area contributed by atoms with E-state index >= 15 is 0 Å². The molecule has 0 saturated carbocycles. The average molecular weight is 355 g/mol. The lowest BCUT2D eigenvalue weighted by molar-refractivity contribution is 0.0978. The van der Waals surface area contributed by atoms with Crippen LogP contribution in [0.25, 0.3) is 6.08 Å². The number of Topliss-reactive ketones (excluding diaryl/α,β-unsaturated/α-hetero) is 1. The molecular weight excluding hydrogens is 328 g/mol. The quantitative estimate of drug-likeness (QED) is 0.259. The van der Waals surface area contributed by atoms with Gasteiger partial charge in [-0.1, -0.05) is 75.4 Å². The number of benzene rings is 1. The van der Waals surface area contributed by atoms with Crippen LogP contribution in [-0.4, -0.2) is 11.6 Å². The van der Waals surface area contributed by atoms with Crippen molar-refractivity contribution in [2.24, 2.45) is 0 Å². The van der Waals surface area contributed by atoms with Crippen LogP contribution in [0, 0.1) is 0 Å². The van der Waals surface area contributed by atoms with Crippen LogP contribution in [-0.2, 0) is 0 Å². The van der Waals surface area contributed by atoms with Gasteiger partial charge in [-0.3, -0.25) is 9.59 Å². The van der Waals surface area contributed by atoms with Gasteiger partial charge in [-0.2, -0.15) is 0 Å². The van der Waals surface area contributed by atoms with Crippen molar-refractivity contribution in [3.63, 3.8) is 0 Å². The van der Waals surface area contributed by atoms with Crippen LogP contribution >= 0.6 is 11.3 Å². The summed E-state index contributed by atoms with van der Waals surface area (Å²) < 4.78 is 0. The van der Waals surface area contributed by atoms with Crippen molar-refractivity contribution in [1.82, 2.24) is 0 Å². The summed E-state index contributed by atoms with van der Waals surface area (Å²) in [4.78, 5) is 24.9. The smallest absolute Gasteiger partial charge is 0.195 e. The molecule has 0 fully saturated rings. The number of ketones is 2. The van der Waals surface area contributed by atoms with Crippen molar-refractivity contribution in [3.8, 4) is 0 Å². The van der Waals surface area contributed by atoms with Gasteiger partial charge in [0.05, 0.1) is 4.88 Å². The van der Waals surface area contributed by atoms with E-state index < -0.39 is 0 Å². The molecule has 132 valence electrons. The molecule has 0 aliphatic carbocycles. The summed E-state index contributed by atoms with van der Waals surface area (Å²) in [5.41, 5.74) is 1.69. The molecule has 0 unspecified atom stereocenters. The van der Waals surface area contributed by atoms with Gasteiger partial charge in [0.1, 0.15) is 0 Å². The van der Waals surface area contributed by atoms with E-state index in [-0.39, 0.29) is 11.6 Å². The molecule has 0 saturated heterocycles. The highest BCUT2D eigenvalue weighted by Gasteiger charge is 2.05. The highest BCUT2D eigenvalue weighted by Crippen LogP contribution is 2.14. The lowest BCUT2D eigenvalue weighted by atomic mass is 10.0. The number of unbranched alkanes of at least 4 members (excludes halogenated alkanes) is 5. The second-order valence-electron chi connectivity index (χ2n) is 6.24. The van der Waals surface area contributed by atoms with Crippen LogP contribution in [0.5, 0.6) is 0 Å². The Labute approximate surface area is 154 Å². The molecule has 25 heavy (non-hydrogen) atoms. The maximum atomic E-state index is 12.2. The maximum Gasteiger partial charge on any atom is 0.195 e.